The molecule has 0 saturated heterocycles. The van der Waals surface area contributed by atoms with Gasteiger partial charge in [-0.15, -0.1) is 0 Å². The van der Waals surface area contributed by atoms with E-state index in [9.17, 15) is 19.6 Å². The molecular weight excluding hydrogens is 286 g/mol. The molecule has 2 rings (SSSR count). The van der Waals surface area contributed by atoms with Crippen molar-refractivity contribution in [3.8, 4) is 6.07 Å². The highest BCUT2D eigenvalue weighted by molar-refractivity contribution is 5.78. The highest BCUT2D eigenvalue weighted by atomic mass is 16.2. The molecule has 22 heavy (non-hydrogen) atoms. The number of nitrogens with two attached hydrogens (primary N) is 1. The minimum absolute atomic E-state index is 0.140. The number of hydrogen-bond donors (Lipinski definition) is 2. The summed E-state index contributed by atoms with van der Waals surface area (Å²) in [6.45, 7) is 0. The lowest BCUT2D eigenvalue weighted by Crippen LogP contribution is -2.44. The van der Waals surface area contributed by atoms with E-state index >= 15 is 0 Å². The number of anilines is 1. The molecule has 1 fully saturated rings. The lowest BCUT2D eigenvalue weighted by Gasteiger charge is -2.31. The van der Waals surface area contributed by atoms with Gasteiger partial charge in [0, 0.05) is 20.1 Å². The molecule has 8 heteroatoms. The van der Waals surface area contributed by atoms with E-state index < -0.39 is 17.2 Å². The van der Waals surface area contributed by atoms with E-state index in [-0.39, 0.29) is 23.3 Å². The summed E-state index contributed by atoms with van der Waals surface area (Å²) in [5.41, 5.74) is 4.10. The monoisotopic (exact) mass is 305 g/mol. The van der Waals surface area contributed by atoms with Gasteiger partial charge in [-0.3, -0.25) is 18.7 Å². The zero-order chi connectivity index (χ0) is 16.4. The van der Waals surface area contributed by atoms with Crippen LogP contribution in [0.4, 0.5) is 5.82 Å². The number of nitrogens with one attached hydrogen (secondary N) is 1. The van der Waals surface area contributed by atoms with Crippen LogP contribution in [0.5, 0.6) is 0 Å². The number of primary amides is 1. The number of amides is 1. The smallest absolute Gasteiger partial charge is 0.332 e. The molecule has 0 aromatic carbocycles. The largest absolute Gasteiger partial charge is 0.369 e. The SMILES string of the molecule is Cn1c(NC2CCCCC2C(N)=O)c(C#N)c(=O)n(C)c1=O. The van der Waals surface area contributed by atoms with Crippen LogP contribution in [-0.2, 0) is 18.9 Å². The first-order valence-electron chi connectivity index (χ1n) is 7.14. The number of nitriles is 1. The molecule has 0 aliphatic heterocycles. The molecule has 0 spiro atoms. The fraction of sp³-hybridized carbons (Fsp3) is 0.571. The Labute approximate surface area is 127 Å². The highest BCUT2D eigenvalue weighted by Crippen LogP contribution is 2.27. The molecule has 1 amide bonds. The van der Waals surface area contributed by atoms with Crippen molar-refractivity contribution in [3.63, 3.8) is 0 Å². The van der Waals surface area contributed by atoms with Crippen LogP contribution < -0.4 is 22.3 Å². The Morgan fingerprint density at radius 3 is 2.50 bits per heavy atom. The third kappa shape index (κ3) is 2.62. The second-order valence-electron chi connectivity index (χ2n) is 5.59. The Bertz CT molecular complexity index is 755. The summed E-state index contributed by atoms with van der Waals surface area (Å²) >= 11 is 0. The van der Waals surface area contributed by atoms with Gasteiger partial charge in [-0.2, -0.15) is 5.26 Å². The first-order valence-corrected chi connectivity index (χ1v) is 7.14. The number of nitrogens with zero attached hydrogens (tertiary/aromatic N) is 3. The van der Waals surface area contributed by atoms with Gasteiger partial charge in [0.15, 0.2) is 5.56 Å². The standard InChI is InChI=1S/C14H19N5O3/c1-18-12(9(7-15)13(21)19(2)14(18)22)17-10-6-4-3-5-8(10)11(16)20/h8,10,17H,3-6H2,1-2H3,(H2,16,20). The van der Waals surface area contributed by atoms with Crippen LogP contribution >= 0.6 is 0 Å². The predicted molar refractivity (Wildman–Crippen MR) is 80.2 cm³/mol. The van der Waals surface area contributed by atoms with Gasteiger partial charge >= 0.3 is 5.69 Å². The summed E-state index contributed by atoms with van der Waals surface area (Å²) in [4.78, 5) is 35.6. The molecule has 1 aromatic rings. The number of rotatable bonds is 3. The molecule has 8 nitrogen and oxygen atoms in total. The van der Waals surface area contributed by atoms with Gasteiger partial charge in [0.2, 0.25) is 5.91 Å². The molecular formula is C14H19N5O3. The summed E-state index contributed by atoms with van der Waals surface area (Å²) in [5.74, 6) is -0.641. The lowest BCUT2D eigenvalue weighted by molar-refractivity contribution is -0.122. The second kappa shape index (κ2) is 6.05. The maximum atomic E-state index is 12.0. The van der Waals surface area contributed by atoms with E-state index in [4.69, 9.17) is 5.73 Å². The number of aromatic nitrogens is 2. The lowest BCUT2D eigenvalue weighted by atomic mass is 9.84. The minimum Gasteiger partial charge on any atom is -0.369 e. The summed E-state index contributed by atoms with van der Waals surface area (Å²) in [6, 6.07) is 1.55. The van der Waals surface area contributed by atoms with Gasteiger partial charge in [0.05, 0.1) is 5.92 Å². The fourth-order valence-electron chi connectivity index (χ4n) is 2.93. The molecule has 1 heterocycles. The van der Waals surface area contributed by atoms with Crippen molar-refractivity contribution in [3.05, 3.63) is 26.4 Å². The number of carbonyl (C=O) groups is 1. The molecule has 118 valence electrons. The Kier molecular flexibility index (Phi) is 4.35. The average molecular weight is 305 g/mol. The topological polar surface area (TPSA) is 123 Å². The Balaban J connectivity index is 2.49. The molecule has 2 unspecified atom stereocenters. The zero-order valence-electron chi connectivity index (χ0n) is 12.6. The van der Waals surface area contributed by atoms with E-state index in [1.165, 1.54) is 18.7 Å². The van der Waals surface area contributed by atoms with Gasteiger partial charge in [-0.1, -0.05) is 12.8 Å². The van der Waals surface area contributed by atoms with Crippen molar-refractivity contribution in [2.75, 3.05) is 5.32 Å². The van der Waals surface area contributed by atoms with E-state index in [1.807, 2.05) is 6.07 Å². The van der Waals surface area contributed by atoms with Crippen LogP contribution in [-0.4, -0.2) is 21.1 Å². The van der Waals surface area contributed by atoms with Crippen molar-refractivity contribution in [1.29, 1.82) is 5.26 Å². The zero-order valence-corrected chi connectivity index (χ0v) is 12.6. The quantitative estimate of drug-likeness (QED) is 0.772. The summed E-state index contributed by atoms with van der Waals surface area (Å²) in [5, 5.41) is 12.3. The summed E-state index contributed by atoms with van der Waals surface area (Å²) in [6.07, 6.45) is 3.18. The third-order valence-corrected chi connectivity index (χ3v) is 4.23. The number of hydrogen-bond acceptors (Lipinski definition) is 5. The fourth-order valence-corrected chi connectivity index (χ4v) is 2.93. The van der Waals surface area contributed by atoms with Crippen LogP contribution in [0.3, 0.4) is 0 Å². The maximum absolute atomic E-state index is 12.0. The molecule has 2 atom stereocenters. The Hall–Kier alpha value is -2.56. The molecule has 1 aliphatic rings. The van der Waals surface area contributed by atoms with Gasteiger partial charge in [0.25, 0.3) is 5.56 Å². The van der Waals surface area contributed by atoms with E-state index in [0.29, 0.717) is 12.8 Å². The maximum Gasteiger partial charge on any atom is 0.332 e. The first-order chi connectivity index (χ1) is 10.4. The molecule has 1 aromatic heterocycles. The Morgan fingerprint density at radius 2 is 1.91 bits per heavy atom. The summed E-state index contributed by atoms with van der Waals surface area (Å²) in [7, 11) is 2.80. The highest BCUT2D eigenvalue weighted by Gasteiger charge is 2.31. The van der Waals surface area contributed by atoms with Crippen LogP contribution in [0.2, 0.25) is 0 Å². The Morgan fingerprint density at radius 1 is 1.27 bits per heavy atom. The average Bonchev–Trinajstić information content (AvgIpc) is 2.51. The van der Waals surface area contributed by atoms with Crippen molar-refractivity contribution < 1.29 is 4.79 Å². The third-order valence-electron chi connectivity index (χ3n) is 4.23. The minimum atomic E-state index is -0.653. The predicted octanol–water partition coefficient (Wildman–Crippen LogP) is -0.588. The van der Waals surface area contributed by atoms with Crippen LogP contribution in [0, 0.1) is 17.2 Å². The number of carbonyl (C=O) groups excluding carboxylic acids is 1. The van der Waals surface area contributed by atoms with Gasteiger partial charge < -0.3 is 11.1 Å². The van der Waals surface area contributed by atoms with Crippen molar-refractivity contribution in [2.24, 2.45) is 25.7 Å². The molecule has 1 aliphatic carbocycles. The molecule has 3 N–H and O–H groups in total. The van der Waals surface area contributed by atoms with E-state index in [0.717, 1.165) is 17.4 Å². The van der Waals surface area contributed by atoms with Crippen molar-refractivity contribution in [2.45, 2.75) is 31.7 Å². The summed E-state index contributed by atoms with van der Waals surface area (Å²) < 4.78 is 2.10. The molecule has 0 radical (unpaired) electrons. The normalized spacial score (nSPS) is 21.1. The van der Waals surface area contributed by atoms with E-state index in [2.05, 4.69) is 5.32 Å². The van der Waals surface area contributed by atoms with Crippen molar-refractivity contribution in [1.82, 2.24) is 9.13 Å². The van der Waals surface area contributed by atoms with Crippen molar-refractivity contribution >= 4 is 11.7 Å². The second-order valence-corrected chi connectivity index (χ2v) is 5.59. The first kappa shape index (κ1) is 15.8. The van der Waals surface area contributed by atoms with E-state index in [1.54, 1.807) is 0 Å². The van der Waals surface area contributed by atoms with Crippen LogP contribution in [0.15, 0.2) is 9.59 Å². The van der Waals surface area contributed by atoms with Crippen LogP contribution in [0.25, 0.3) is 0 Å². The molecule has 1 saturated carbocycles. The molecule has 0 bridgehead atoms. The van der Waals surface area contributed by atoms with Gasteiger partial charge in [-0.05, 0) is 12.8 Å². The van der Waals surface area contributed by atoms with Gasteiger partial charge in [-0.25, -0.2) is 4.79 Å². The van der Waals surface area contributed by atoms with Gasteiger partial charge in [0.1, 0.15) is 11.9 Å². The van der Waals surface area contributed by atoms with Crippen LogP contribution in [0.1, 0.15) is 31.2 Å².